The SMILES string of the molecule is COc1ccc(-c2cc(C=CC(=O)c3ccc(N)cc3)[nH]n2)cc1. The van der Waals surface area contributed by atoms with Gasteiger partial charge < -0.3 is 10.5 Å². The average molecular weight is 319 g/mol. The molecular formula is C19H17N3O2. The number of ketones is 1. The van der Waals surface area contributed by atoms with E-state index >= 15 is 0 Å². The van der Waals surface area contributed by atoms with Gasteiger partial charge in [0.15, 0.2) is 5.78 Å². The van der Waals surface area contributed by atoms with Crippen LogP contribution in [0.1, 0.15) is 16.1 Å². The van der Waals surface area contributed by atoms with Crippen molar-refractivity contribution in [1.82, 2.24) is 10.2 Å². The van der Waals surface area contributed by atoms with Crippen LogP contribution in [-0.4, -0.2) is 23.1 Å². The average Bonchev–Trinajstić information content (AvgIpc) is 3.09. The van der Waals surface area contributed by atoms with Crippen molar-refractivity contribution in [2.24, 2.45) is 0 Å². The zero-order chi connectivity index (χ0) is 16.9. The molecular weight excluding hydrogens is 302 g/mol. The largest absolute Gasteiger partial charge is 0.497 e. The molecule has 3 N–H and O–H groups in total. The minimum Gasteiger partial charge on any atom is -0.497 e. The van der Waals surface area contributed by atoms with Crippen LogP contribution in [0.5, 0.6) is 5.75 Å². The Balaban J connectivity index is 1.73. The number of hydrogen-bond donors (Lipinski definition) is 2. The standard InChI is InChI=1S/C19H17N3O2/c1-24-17-9-4-13(5-10-17)18-12-16(21-22-18)8-11-19(23)14-2-6-15(20)7-3-14/h2-12H,20H2,1H3,(H,21,22). The molecule has 24 heavy (non-hydrogen) atoms. The van der Waals surface area contributed by atoms with E-state index in [-0.39, 0.29) is 5.78 Å². The van der Waals surface area contributed by atoms with Gasteiger partial charge in [-0.15, -0.1) is 0 Å². The third kappa shape index (κ3) is 3.52. The highest BCUT2D eigenvalue weighted by Gasteiger charge is 2.04. The number of aromatic nitrogens is 2. The molecule has 0 unspecified atom stereocenters. The van der Waals surface area contributed by atoms with Crippen LogP contribution < -0.4 is 10.5 Å². The maximum atomic E-state index is 12.1. The molecule has 0 amide bonds. The van der Waals surface area contributed by atoms with Crippen molar-refractivity contribution in [2.75, 3.05) is 12.8 Å². The smallest absolute Gasteiger partial charge is 0.185 e. The van der Waals surface area contributed by atoms with Crippen LogP contribution in [0.15, 0.2) is 60.7 Å². The molecule has 3 aromatic rings. The third-order valence-corrected chi connectivity index (χ3v) is 3.59. The van der Waals surface area contributed by atoms with Crippen LogP contribution in [0.3, 0.4) is 0 Å². The van der Waals surface area contributed by atoms with Crippen molar-refractivity contribution in [3.8, 4) is 17.0 Å². The van der Waals surface area contributed by atoms with Gasteiger partial charge in [0.05, 0.1) is 18.5 Å². The van der Waals surface area contributed by atoms with E-state index in [1.165, 1.54) is 6.08 Å². The van der Waals surface area contributed by atoms with Gasteiger partial charge in [0.2, 0.25) is 0 Å². The van der Waals surface area contributed by atoms with E-state index in [0.29, 0.717) is 11.3 Å². The Morgan fingerprint density at radius 1 is 1.12 bits per heavy atom. The molecule has 1 aromatic heterocycles. The van der Waals surface area contributed by atoms with Gasteiger partial charge in [-0.2, -0.15) is 5.10 Å². The number of hydrogen-bond acceptors (Lipinski definition) is 4. The molecule has 3 rings (SSSR count). The van der Waals surface area contributed by atoms with Crippen LogP contribution in [0.2, 0.25) is 0 Å². The third-order valence-electron chi connectivity index (χ3n) is 3.59. The predicted molar refractivity (Wildman–Crippen MR) is 94.8 cm³/mol. The second-order valence-corrected chi connectivity index (χ2v) is 5.26. The lowest BCUT2D eigenvalue weighted by molar-refractivity contribution is 0.104. The van der Waals surface area contributed by atoms with E-state index < -0.39 is 0 Å². The molecule has 0 saturated heterocycles. The Morgan fingerprint density at radius 2 is 1.83 bits per heavy atom. The van der Waals surface area contributed by atoms with E-state index in [2.05, 4.69) is 10.2 Å². The second-order valence-electron chi connectivity index (χ2n) is 5.26. The maximum Gasteiger partial charge on any atom is 0.185 e. The summed E-state index contributed by atoms with van der Waals surface area (Å²) in [5, 5.41) is 7.17. The molecule has 0 saturated carbocycles. The molecule has 5 nitrogen and oxygen atoms in total. The number of carbonyl (C=O) groups is 1. The van der Waals surface area contributed by atoms with Gasteiger partial charge >= 0.3 is 0 Å². The number of ether oxygens (including phenoxy) is 1. The number of nitrogens with zero attached hydrogens (tertiary/aromatic N) is 1. The first-order valence-corrected chi connectivity index (χ1v) is 7.43. The normalized spacial score (nSPS) is 10.9. The van der Waals surface area contributed by atoms with Crippen molar-refractivity contribution in [3.63, 3.8) is 0 Å². The first kappa shape index (κ1) is 15.6. The van der Waals surface area contributed by atoms with Crippen molar-refractivity contribution in [3.05, 3.63) is 71.9 Å². The Morgan fingerprint density at radius 3 is 2.50 bits per heavy atom. The summed E-state index contributed by atoms with van der Waals surface area (Å²) in [7, 11) is 1.63. The number of H-pyrrole nitrogens is 1. The van der Waals surface area contributed by atoms with Crippen molar-refractivity contribution < 1.29 is 9.53 Å². The molecule has 5 heteroatoms. The van der Waals surface area contributed by atoms with Crippen LogP contribution in [0.25, 0.3) is 17.3 Å². The summed E-state index contributed by atoms with van der Waals surface area (Å²) < 4.78 is 5.14. The molecule has 0 aliphatic heterocycles. The minimum absolute atomic E-state index is 0.0874. The van der Waals surface area contributed by atoms with Crippen LogP contribution in [0.4, 0.5) is 5.69 Å². The monoisotopic (exact) mass is 319 g/mol. The number of benzene rings is 2. The van der Waals surface area contributed by atoms with Crippen molar-refractivity contribution >= 4 is 17.5 Å². The molecule has 0 aliphatic rings. The summed E-state index contributed by atoms with van der Waals surface area (Å²) in [4.78, 5) is 12.1. The van der Waals surface area contributed by atoms with Gasteiger partial charge in [-0.3, -0.25) is 9.89 Å². The van der Waals surface area contributed by atoms with Crippen LogP contribution >= 0.6 is 0 Å². The van der Waals surface area contributed by atoms with Gasteiger partial charge in [-0.05, 0) is 66.7 Å². The molecule has 2 aromatic carbocycles. The quantitative estimate of drug-likeness (QED) is 0.428. The topological polar surface area (TPSA) is 81.0 Å². The summed E-state index contributed by atoms with van der Waals surface area (Å²) in [5.74, 6) is 0.707. The summed E-state index contributed by atoms with van der Waals surface area (Å²) >= 11 is 0. The molecule has 120 valence electrons. The lowest BCUT2D eigenvalue weighted by atomic mass is 10.1. The molecule has 0 fully saturated rings. The number of nitrogen functional groups attached to an aromatic ring is 1. The lowest BCUT2D eigenvalue weighted by Crippen LogP contribution is -1.94. The van der Waals surface area contributed by atoms with E-state index in [0.717, 1.165) is 22.7 Å². The number of allylic oxidation sites excluding steroid dienone is 1. The number of anilines is 1. The number of nitrogens with two attached hydrogens (primary N) is 1. The predicted octanol–water partition coefficient (Wildman–Crippen LogP) is 3.56. The summed E-state index contributed by atoms with van der Waals surface area (Å²) in [6, 6.07) is 16.3. The summed E-state index contributed by atoms with van der Waals surface area (Å²) in [6.07, 6.45) is 3.22. The number of carbonyl (C=O) groups excluding carboxylic acids is 1. The fourth-order valence-corrected chi connectivity index (χ4v) is 2.24. The van der Waals surface area contributed by atoms with Gasteiger partial charge in [0.25, 0.3) is 0 Å². The van der Waals surface area contributed by atoms with Crippen LogP contribution in [-0.2, 0) is 0 Å². The molecule has 0 atom stereocenters. The molecule has 0 spiro atoms. The summed E-state index contributed by atoms with van der Waals surface area (Å²) in [6.45, 7) is 0. The van der Waals surface area contributed by atoms with Gasteiger partial charge in [0.1, 0.15) is 5.75 Å². The fraction of sp³-hybridized carbons (Fsp3) is 0.0526. The zero-order valence-electron chi connectivity index (χ0n) is 13.2. The molecule has 0 aliphatic carbocycles. The maximum absolute atomic E-state index is 12.1. The minimum atomic E-state index is -0.0874. The Bertz CT molecular complexity index is 862. The van der Waals surface area contributed by atoms with Crippen molar-refractivity contribution in [2.45, 2.75) is 0 Å². The number of methoxy groups -OCH3 is 1. The highest BCUT2D eigenvalue weighted by Crippen LogP contribution is 2.21. The number of rotatable bonds is 5. The fourth-order valence-electron chi connectivity index (χ4n) is 2.24. The van der Waals surface area contributed by atoms with Crippen molar-refractivity contribution in [1.29, 1.82) is 0 Å². The zero-order valence-corrected chi connectivity index (χ0v) is 13.2. The number of aromatic amines is 1. The highest BCUT2D eigenvalue weighted by molar-refractivity contribution is 6.06. The lowest BCUT2D eigenvalue weighted by Gasteiger charge is -1.99. The Labute approximate surface area is 139 Å². The Hall–Kier alpha value is -3.34. The number of nitrogens with one attached hydrogen (secondary N) is 1. The van der Waals surface area contributed by atoms with Gasteiger partial charge in [-0.1, -0.05) is 0 Å². The summed E-state index contributed by atoms with van der Waals surface area (Å²) in [5.41, 5.74) is 9.37. The molecule has 0 radical (unpaired) electrons. The molecule has 1 heterocycles. The second kappa shape index (κ2) is 6.83. The van der Waals surface area contributed by atoms with Gasteiger partial charge in [0, 0.05) is 16.8 Å². The van der Waals surface area contributed by atoms with E-state index in [1.807, 2.05) is 30.3 Å². The van der Waals surface area contributed by atoms with Crippen LogP contribution in [0, 0.1) is 0 Å². The van der Waals surface area contributed by atoms with Gasteiger partial charge in [-0.25, -0.2) is 0 Å². The van der Waals surface area contributed by atoms with E-state index in [9.17, 15) is 4.79 Å². The first-order chi connectivity index (χ1) is 11.7. The van der Waals surface area contributed by atoms with E-state index in [4.69, 9.17) is 10.5 Å². The Kier molecular flexibility index (Phi) is 4.43. The molecule has 0 bridgehead atoms. The highest BCUT2D eigenvalue weighted by atomic mass is 16.5. The van der Waals surface area contributed by atoms with E-state index in [1.54, 1.807) is 37.5 Å². The first-order valence-electron chi connectivity index (χ1n) is 7.43.